The molecule has 0 spiro atoms. The summed E-state index contributed by atoms with van der Waals surface area (Å²) in [5.74, 6) is -0.379. The van der Waals surface area contributed by atoms with Crippen molar-refractivity contribution < 1.29 is 9.53 Å². The van der Waals surface area contributed by atoms with Crippen molar-refractivity contribution in [1.29, 1.82) is 0 Å². The number of esters is 1. The molecule has 0 saturated carbocycles. The average Bonchev–Trinajstić information content (AvgIpc) is 2.45. The molecule has 1 aromatic carbocycles. The average molecular weight is 291 g/mol. The van der Waals surface area contributed by atoms with E-state index in [9.17, 15) is 4.79 Å². The second-order valence-electron chi connectivity index (χ2n) is 4.34. The molecule has 4 nitrogen and oxygen atoms in total. The highest BCUT2D eigenvalue weighted by Gasteiger charge is 2.21. The predicted octanol–water partition coefficient (Wildman–Crippen LogP) is 3.37. The van der Waals surface area contributed by atoms with Gasteiger partial charge in [0.25, 0.3) is 0 Å². The minimum Gasteiger partial charge on any atom is -0.467 e. The number of rotatable bonds is 4. The molecule has 0 amide bonds. The largest absolute Gasteiger partial charge is 0.467 e. The molecule has 0 aliphatic carbocycles. The zero-order chi connectivity index (χ0) is 14.5. The number of aromatic nitrogens is 1. The summed E-state index contributed by atoms with van der Waals surface area (Å²) in [7, 11) is 1.36. The van der Waals surface area contributed by atoms with Crippen LogP contribution in [0.5, 0.6) is 0 Å². The van der Waals surface area contributed by atoms with Gasteiger partial charge in [0.05, 0.1) is 7.11 Å². The second-order valence-corrected chi connectivity index (χ2v) is 4.78. The first-order chi connectivity index (χ1) is 9.60. The Balaban J connectivity index is 2.28. The molecular formula is C15H15ClN2O2. The van der Waals surface area contributed by atoms with Crippen molar-refractivity contribution in [3.8, 4) is 0 Å². The van der Waals surface area contributed by atoms with E-state index in [4.69, 9.17) is 16.3 Å². The number of aryl methyl sites for hydroxylation is 1. The minimum atomic E-state index is -0.619. The van der Waals surface area contributed by atoms with E-state index in [0.717, 1.165) is 16.9 Å². The molecule has 1 aromatic heterocycles. The zero-order valence-electron chi connectivity index (χ0n) is 11.3. The lowest BCUT2D eigenvalue weighted by atomic mass is 10.1. The monoisotopic (exact) mass is 290 g/mol. The molecule has 0 aliphatic rings. The number of nitrogens with one attached hydrogen (secondary N) is 1. The molecule has 2 aromatic rings. The van der Waals surface area contributed by atoms with E-state index >= 15 is 0 Å². The quantitative estimate of drug-likeness (QED) is 0.877. The van der Waals surface area contributed by atoms with E-state index in [1.807, 2.05) is 31.2 Å². The number of pyridine rings is 1. The molecule has 104 valence electrons. The van der Waals surface area contributed by atoms with Crippen molar-refractivity contribution in [3.63, 3.8) is 0 Å². The van der Waals surface area contributed by atoms with E-state index in [1.165, 1.54) is 7.11 Å². The van der Waals surface area contributed by atoms with Gasteiger partial charge in [0.2, 0.25) is 0 Å². The molecule has 2 rings (SSSR count). The molecule has 1 N–H and O–H groups in total. The number of anilines is 1. The van der Waals surface area contributed by atoms with E-state index < -0.39 is 6.04 Å². The number of halogens is 1. The van der Waals surface area contributed by atoms with Gasteiger partial charge in [-0.1, -0.05) is 23.7 Å². The van der Waals surface area contributed by atoms with Crippen LogP contribution in [0.25, 0.3) is 0 Å². The van der Waals surface area contributed by atoms with Gasteiger partial charge in [-0.15, -0.1) is 0 Å². The molecule has 0 aliphatic heterocycles. The first kappa shape index (κ1) is 14.3. The third-order valence-corrected chi connectivity index (χ3v) is 3.08. The summed E-state index contributed by atoms with van der Waals surface area (Å²) in [6.07, 6.45) is 1.66. The predicted molar refractivity (Wildman–Crippen MR) is 78.8 cm³/mol. The second kappa shape index (κ2) is 6.39. The van der Waals surface area contributed by atoms with Crippen molar-refractivity contribution in [2.24, 2.45) is 0 Å². The molecule has 20 heavy (non-hydrogen) atoms. The van der Waals surface area contributed by atoms with Gasteiger partial charge in [0.15, 0.2) is 6.04 Å². The maximum Gasteiger partial charge on any atom is 0.333 e. The van der Waals surface area contributed by atoms with Gasteiger partial charge in [-0.25, -0.2) is 4.79 Å². The van der Waals surface area contributed by atoms with Crippen LogP contribution in [-0.4, -0.2) is 18.1 Å². The first-order valence-electron chi connectivity index (χ1n) is 6.12. The Bertz CT molecular complexity index is 599. The fourth-order valence-corrected chi connectivity index (χ4v) is 1.98. The van der Waals surface area contributed by atoms with Crippen molar-refractivity contribution in [2.45, 2.75) is 13.0 Å². The van der Waals surface area contributed by atoms with Crippen molar-refractivity contribution in [2.75, 3.05) is 12.4 Å². The van der Waals surface area contributed by atoms with Gasteiger partial charge in [-0.3, -0.25) is 4.98 Å². The molecular weight excluding hydrogens is 276 g/mol. The maximum absolute atomic E-state index is 11.9. The standard InChI is InChI=1S/C15H15ClN2O2/c1-10-6-7-11(9-17-10)14(15(19)20-2)18-13-5-3-4-12(16)8-13/h3-9,14,18H,1-2H3. The molecule has 0 radical (unpaired) electrons. The highest BCUT2D eigenvalue weighted by Crippen LogP contribution is 2.22. The highest BCUT2D eigenvalue weighted by atomic mass is 35.5. The van der Waals surface area contributed by atoms with E-state index in [-0.39, 0.29) is 5.97 Å². The number of nitrogens with zero attached hydrogens (tertiary/aromatic N) is 1. The summed E-state index contributed by atoms with van der Waals surface area (Å²) in [4.78, 5) is 16.1. The number of benzene rings is 1. The molecule has 0 bridgehead atoms. The first-order valence-corrected chi connectivity index (χ1v) is 6.50. The topological polar surface area (TPSA) is 51.2 Å². The van der Waals surface area contributed by atoms with Crippen LogP contribution in [0.3, 0.4) is 0 Å². The lowest BCUT2D eigenvalue weighted by Gasteiger charge is -2.18. The summed E-state index contributed by atoms with van der Waals surface area (Å²) in [5, 5.41) is 3.71. The summed E-state index contributed by atoms with van der Waals surface area (Å²) in [6.45, 7) is 1.89. The van der Waals surface area contributed by atoms with Crippen molar-refractivity contribution in [1.82, 2.24) is 4.98 Å². The summed E-state index contributed by atoms with van der Waals surface area (Å²) in [6, 6.07) is 10.3. The Kier molecular flexibility index (Phi) is 4.58. The van der Waals surface area contributed by atoms with Gasteiger partial charge in [0, 0.05) is 28.2 Å². The molecule has 0 saturated heterocycles. The number of hydrogen-bond donors (Lipinski definition) is 1. The van der Waals surface area contributed by atoms with Crippen molar-refractivity contribution >= 4 is 23.3 Å². The highest BCUT2D eigenvalue weighted by molar-refractivity contribution is 6.30. The zero-order valence-corrected chi connectivity index (χ0v) is 12.0. The van der Waals surface area contributed by atoms with Crippen LogP contribution in [0.1, 0.15) is 17.3 Å². The molecule has 1 heterocycles. The fraction of sp³-hybridized carbons (Fsp3) is 0.200. The van der Waals surface area contributed by atoms with Crippen LogP contribution in [0.15, 0.2) is 42.6 Å². The summed E-state index contributed by atoms with van der Waals surface area (Å²) >= 11 is 5.94. The summed E-state index contributed by atoms with van der Waals surface area (Å²) < 4.78 is 4.84. The molecule has 0 fully saturated rings. The van der Waals surface area contributed by atoms with Crippen LogP contribution in [0, 0.1) is 6.92 Å². The Morgan fingerprint density at radius 2 is 2.15 bits per heavy atom. The number of hydrogen-bond acceptors (Lipinski definition) is 4. The number of carbonyl (C=O) groups excluding carboxylic acids is 1. The Morgan fingerprint density at radius 3 is 2.75 bits per heavy atom. The number of ether oxygens (including phenoxy) is 1. The Labute approximate surface area is 122 Å². The summed E-state index contributed by atoms with van der Waals surface area (Å²) in [5.41, 5.74) is 2.37. The third kappa shape index (κ3) is 3.48. The minimum absolute atomic E-state index is 0.379. The van der Waals surface area contributed by atoms with Gasteiger partial charge in [-0.2, -0.15) is 0 Å². The van der Waals surface area contributed by atoms with Crippen molar-refractivity contribution in [3.05, 3.63) is 58.9 Å². The fourth-order valence-electron chi connectivity index (χ4n) is 1.79. The number of carbonyl (C=O) groups is 1. The van der Waals surface area contributed by atoms with Crippen LogP contribution >= 0.6 is 11.6 Å². The van der Waals surface area contributed by atoms with E-state index in [2.05, 4.69) is 10.3 Å². The lowest BCUT2D eigenvalue weighted by molar-refractivity contribution is -0.141. The normalized spacial score (nSPS) is 11.8. The Hall–Kier alpha value is -2.07. The van der Waals surface area contributed by atoms with Crippen LogP contribution in [0.4, 0.5) is 5.69 Å². The van der Waals surface area contributed by atoms with E-state index in [0.29, 0.717) is 5.02 Å². The Morgan fingerprint density at radius 1 is 1.35 bits per heavy atom. The van der Waals surface area contributed by atoms with Gasteiger partial charge < -0.3 is 10.1 Å². The van der Waals surface area contributed by atoms with Crippen LogP contribution < -0.4 is 5.32 Å². The SMILES string of the molecule is COC(=O)C(Nc1cccc(Cl)c1)c1ccc(C)nc1. The molecule has 5 heteroatoms. The lowest BCUT2D eigenvalue weighted by Crippen LogP contribution is -2.22. The van der Waals surface area contributed by atoms with E-state index in [1.54, 1.807) is 18.3 Å². The van der Waals surface area contributed by atoms with Gasteiger partial charge in [0.1, 0.15) is 0 Å². The smallest absolute Gasteiger partial charge is 0.333 e. The maximum atomic E-state index is 11.9. The molecule has 1 atom stereocenters. The molecule has 1 unspecified atom stereocenters. The van der Waals surface area contributed by atoms with Gasteiger partial charge in [-0.05, 0) is 31.2 Å². The third-order valence-electron chi connectivity index (χ3n) is 2.84. The van der Waals surface area contributed by atoms with Crippen LogP contribution in [0.2, 0.25) is 5.02 Å². The van der Waals surface area contributed by atoms with Gasteiger partial charge >= 0.3 is 5.97 Å². The number of methoxy groups -OCH3 is 1. The van der Waals surface area contributed by atoms with Crippen LogP contribution in [-0.2, 0) is 9.53 Å².